The van der Waals surface area contributed by atoms with Gasteiger partial charge >= 0.3 is 0 Å². The molecule has 0 aliphatic carbocycles. The van der Waals surface area contributed by atoms with Crippen LogP contribution in [0.25, 0.3) is 0 Å². The molecule has 0 spiro atoms. The molecule has 2 rings (SSSR count). The van der Waals surface area contributed by atoms with E-state index in [1.807, 2.05) is 37.3 Å². The molecular weight excluding hydrogens is 280 g/mol. The first kappa shape index (κ1) is 16.1. The summed E-state index contributed by atoms with van der Waals surface area (Å²) in [5.74, 6) is 4.81. The largest absolute Gasteiger partial charge is 0.378 e. The lowest BCUT2D eigenvalue weighted by molar-refractivity contribution is -0.139. The van der Waals surface area contributed by atoms with Crippen LogP contribution in [0.1, 0.15) is 18.9 Å². The third-order valence-electron chi connectivity index (χ3n) is 3.43. The van der Waals surface area contributed by atoms with E-state index in [0.717, 1.165) is 5.56 Å². The van der Waals surface area contributed by atoms with Gasteiger partial charge in [0.05, 0.1) is 13.2 Å². The van der Waals surface area contributed by atoms with E-state index >= 15 is 0 Å². The lowest BCUT2D eigenvalue weighted by atomic mass is 10.2. The van der Waals surface area contributed by atoms with Crippen LogP contribution in [-0.2, 0) is 14.3 Å². The predicted molar refractivity (Wildman–Crippen MR) is 82.9 cm³/mol. The van der Waals surface area contributed by atoms with Gasteiger partial charge in [0.25, 0.3) is 5.91 Å². The highest BCUT2D eigenvalue weighted by Gasteiger charge is 2.25. The van der Waals surface area contributed by atoms with E-state index in [1.165, 1.54) is 0 Å². The summed E-state index contributed by atoms with van der Waals surface area (Å²) < 4.78 is 5.23. The second kappa shape index (κ2) is 8.20. The summed E-state index contributed by atoms with van der Waals surface area (Å²) in [6.07, 6.45) is 0.537. The third kappa shape index (κ3) is 4.61. The number of amides is 2. The van der Waals surface area contributed by atoms with Gasteiger partial charge in [-0.05, 0) is 18.6 Å². The molecule has 0 bridgehead atoms. The van der Waals surface area contributed by atoms with Crippen LogP contribution in [0.3, 0.4) is 0 Å². The molecule has 116 valence electrons. The quantitative estimate of drug-likeness (QED) is 0.840. The number of hydrogen-bond donors (Lipinski definition) is 1. The SMILES string of the molecule is CC[C@@H](NC(=O)C#Cc1ccccc1)C(=O)N1CCOCC1. The third-order valence-corrected chi connectivity index (χ3v) is 3.43. The van der Waals surface area contributed by atoms with Gasteiger partial charge in [-0.15, -0.1) is 0 Å². The van der Waals surface area contributed by atoms with Crippen molar-refractivity contribution >= 4 is 11.8 Å². The highest BCUT2D eigenvalue weighted by atomic mass is 16.5. The zero-order chi connectivity index (χ0) is 15.8. The smallest absolute Gasteiger partial charge is 0.296 e. The molecule has 1 aliphatic rings. The van der Waals surface area contributed by atoms with Crippen molar-refractivity contribution in [3.63, 3.8) is 0 Å². The van der Waals surface area contributed by atoms with Gasteiger partial charge in [-0.25, -0.2) is 0 Å². The number of benzene rings is 1. The van der Waals surface area contributed by atoms with E-state index in [0.29, 0.717) is 32.7 Å². The highest BCUT2D eigenvalue weighted by molar-refractivity contribution is 5.97. The number of carbonyl (C=O) groups is 2. The topological polar surface area (TPSA) is 58.6 Å². The molecule has 1 N–H and O–H groups in total. The lowest BCUT2D eigenvalue weighted by Gasteiger charge is -2.30. The zero-order valence-corrected chi connectivity index (χ0v) is 12.7. The van der Waals surface area contributed by atoms with Gasteiger partial charge in [0.2, 0.25) is 5.91 Å². The van der Waals surface area contributed by atoms with E-state index in [1.54, 1.807) is 4.90 Å². The molecule has 1 fully saturated rings. The van der Waals surface area contributed by atoms with E-state index in [4.69, 9.17) is 4.74 Å². The normalized spacial score (nSPS) is 15.4. The van der Waals surface area contributed by atoms with Crippen LogP contribution in [0.4, 0.5) is 0 Å². The number of morpholine rings is 1. The van der Waals surface area contributed by atoms with E-state index < -0.39 is 11.9 Å². The summed E-state index contributed by atoms with van der Waals surface area (Å²) in [6.45, 7) is 4.10. The number of nitrogens with zero attached hydrogens (tertiary/aromatic N) is 1. The summed E-state index contributed by atoms with van der Waals surface area (Å²) in [4.78, 5) is 26.0. The second-order valence-corrected chi connectivity index (χ2v) is 4.99. The minimum atomic E-state index is -0.532. The minimum absolute atomic E-state index is 0.0688. The molecule has 1 aliphatic heterocycles. The van der Waals surface area contributed by atoms with Gasteiger partial charge in [-0.1, -0.05) is 31.0 Å². The van der Waals surface area contributed by atoms with Gasteiger partial charge < -0.3 is 15.0 Å². The molecule has 1 atom stereocenters. The molecule has 0 unspecified atom stereocenters. The maximum atomic E-state index is 12.3. The average Bonchev–Trinajstić information content (AvgIpc) is 2.59. The molecule has 0 aromatic heterocycles. The van der Waals surface area contributed by atoms with Gasteiger partial charge in [0.1, 0.15) is 6.04 Å². The Morgan fingerprint density at radius 2 is 1.95 bits per heavy atom. The maximum Gasteiger partial charge on any atom is 0.296 e. The Balaban J connectivity index is 1.93. The van der Waals surface area contributed by atoms with E-state index in [9.17, 15) is 9.59 Å². The Bertz CT molecular complexity index is 569. The predicted octanol–water partition coefficient (Wildman–Crippen LogP) is 0.792. The Labute approximate surface area is 130 Å². The van der Waals surface area contributed by atoms with Crippen LogP contribution in [0.15, 0.2) is 30.3 Å². The molecule has 0 radical (unpaired) electrons. The number of nitrogens with one attached hydrogen (secondary N) is 1. The highest BCUT2D eigenvalue weighted by Crippen LogP contribution is 2.03. The van der Waals surface area contributed by atoms with Crippen LogP contribution >= 0.6 is 0 Å². The zero-order valence-electron chi connectivity index (χ0n) is 12.7. The Morgan fingerprint density at radius 3 is 2.59 bits per heavy atom. The molecule has 2 amide bonds. The molecular formula is C17H20N2O3. The van der Waals surface area contributed by atoms with Gasteiger partial charge in [0, 0.05) is 24.6 Å². The monoisotopic (exact) mass is 300 g/mol. The minimum Gasteiger partial charge on any atom is -0.378 e. The molecule has 1 aromatic rings. The van der Waals surface area contributed by atoms with Crippen LogP contribution < -0.4 is 5.32 Å². The summed E-state index contributed by atoms with van der Waals surface area (Å²) in [6, 6.07) is 8.74. The fourth-order valence-electron chi connectivity index (χ4n) is 2.19. The fourth-order valence-corrected chi connectivity index (χ4v) is 2.19. The molecule has 1 aromatic carbocycles. The number of carbonyl (C=O) groups excluding carboxylic acids is 2. The standard InChI is InChI=1S/C17H20N2O3/c1-2-15(17(21)19-10-12-22-13-11-19)18-16(20)9-8-14-6-4-3-5-7-14/h3-7,15H,2,10-13H2,1H3,(H,18,20)/t15-/m1/s1. The number of hydrogen-bond acceptors (Lipinski definition) is 3. The Morgan fingerprint density at radius 1 is 1.27 bits per heavy atom. The van der Waals surface area contributed by atoms with Crippen LogP contribution in [0.2, 0.25) is 0 Å². The molecule has 1 heterocycles. The summed E-state index contributed by atoms with van der Waals surface area (Å²) >= 11 is 0. The first-order valence-corrected chi connectivity index (χ1v) is 7.45. The van der Waals surface area contributed by atoms with Gasteiger partial charge in [-0.3, -0.25) is 9.59 Å². The maximum absolute atomic E-state index is 12.3. The lowest BCUT2D eigenvalue weighted by Crippen LogP contribution is -2.51. The van der Waals surface area contributed by atoms with E-state index in [2.05, 4.69) is 17.2 Å². The molecule has 5 heteroatoms. The van der Waals surface area contributed by atoms with Gasteiger partial charge in [0.15, 0.2) is 0 Å². The summed E-state index contributed by atoms with van der Waals surface area (Å²) in [5.41, 5.74) is 0.769. The Hall–Kier alpha value is -2.32. The van der Waals surface area contributed by atoms with Crippen molar-refractivity contribution in [3.05, 3.63) is 35.9 Å². The molecule has 5 nitrogen and oxygen atoms in total. The summed E-state index contributed by atoms with van der Waals surface area (Å²) in [5, 5.41) is 2.69. The number of ether oxygens (including phenoxy) is 1. The van der Waals surface area contributed by atoms with Crippen LogP contribution in [-0.4, -0.2) is 49.1 Å². The fraction of sp³-hybridized carbons (Fsp3) is 0.412. The second-order valence-electron chi connectivity index (χ2n) is 4.99. The van der Waals surface area contributed by atoms with Crippen molar-refractivity contribution < 1.29 is 14.3 Å². The van der Waals surface area contributed by atoms with E-state index in [-0.39, 0.29) is 5.91 Å². The average molecular weight is 300 g/mol. The van der Waals surface area contributed by atoms with Crippen molar-refractivity contribution in [1.29, 1.82) is 0 Å². The van der Waals surface area contributed by atoms with Crippen LogP contribution in [0, 0.1) is 11.8 Å². The van der Waals surface area contributed by atoms with Crippen molar-refractivity contribution in [2.24, 2.45) is 0 Å². The first-order valence-electron chi connectivity index (χ1n) is 7.45. The van der Waals surface area contributed by atoms with Crippen molar-refractivity contribution in [2.75, 3.05) is 26.3 Å². The number of rotatable bonds is 3. The van der Waals surface area contributed by atoms with Crippen molar-refractivity contribution in [1.82, 2.24) is 10.2 Å². The van der Waals surface area contributed by atoms with Gasteiger partial charge in [-0.2, -0.15) is 0 Å². The Kier molecular flexibility index (Phi) is 5.99. The van der Waals surface area contributed by atoms with Crippen molar-refractivity contribution in [2.45, 2.75) is 19.4 Å². The van der Waals surface area contributed by atoms with Crippen molar-refractivity contribution in [3.8, 4) is 11.8 Å². The van der Waals surface area contributed by atoms with Crippen LogP contribution in [0.5, 0.6) is 0 Å². The first-order chi connectivity index (χ1) is 10.7. The molecule has 22 heavy (non-hydrogen) atoms. The molecule has 1 saturated heterocycles. The molecule has 0 saturated carbocycles. The summed E-state index contributed by atoms with van der Waals surface area (Å²) in [7, 11) is 0.